The number of aromatic nitrogens is 1. The summed E-state index contributed by atoms with van der Waals surface area (Å²) in [4.78, 5) is 4.46. The number of ether oxygens (including phenoxy) is 1. The van der Waals surface area contributed by atoms with E-state index in [9.17, 15) is 4.39 Å². The highest BCUT2D eigenvalue weighted by Gasteiger charge is 2.06. The van der Waals surface area contributed by atoms with E-state index in [1.807, 2.05) is 26.0 Å². The van der Waals surface area contributed by atoms with Crippen LogP contribution in [0.3, 0.4) is 0 Å². The summed E-state index contributed by atoms with van der Waals surface area (Å²) < 4.78 is 18.1. The standard InChI is InChI=1S/C16H19FN2O/c1-11-8-16(20-3)9-15(19-11)10-18-12(2)13-4-6-14(17)7-5-13/h4-9,12,18H,10H2,1-3H3/t12-/m1/s1. The highest BCUT2D eigenvalue weighted by atomic mass is 19.1. The fraction of sp³-hybridized carbons (Fsp3) is 0.312. The number of hydrogen-bond acceptors (Lipinski definition) is 3. The molecule has 1 heterocycles. The summed E-state index contributed by atoms with van der Waals surface area (Å²) in [6, 6.07) is 10.5. The monoisotopic (exact) mass is 274 g/mol. The lowest BCUT2D eigenvalue weighted by molar-refractivity contribution is 0.412. The van der Waals surface area contributed by atoms with Gasteiger partial charge >= 0.3 is 0 Å². The molecule has 0 spiro atoms. The van der Waals surface area contributed by atoms with Gasteiger partial charge in [0, 0.05) is 30.4 Å². The molecule has 2 aromatic rings. The Morgan fingerprint density at radius 3 is 2.60 bits per heavy atom. The second-order valence-corrected chi connectivity index (χ2v) is 4.79. The molecule has 1 atom stereocenters. The molecule has 0 aliphatic heterocycles. The lowest BCUT2D eigenvalue weighted by atomic mass is 10.1. The Hall–Kier alpha value is -1.94. The van der Waals surface area contributed by atoms with Crippen molar-refractivity contribution in [2.24, 2.45) is 0 Å². The third-order valence-electron chi connectivity index (χ3n) is 3.18. The molecule has 4 heteroatoms. The van der Waals surface area contributed by atoms with Gasteiger partial charge < -0.3 is 10.1 Å². The molecule has 1 aromatic carbocycles. The second-order valence-electron chi connectivity index (χ2n) is 4.79. The minimum atomic E-state index is -0.217. The van der Waals surface area contributed by atoms with Gasteiger partial charge in [0.05, 0.1) is 12.8 Å². The van der Waals surface area contributed by atoms with E-state index in [-0.39, 0.29) is 11.9 Å². The summed E-state index contributed by atoms with van der Waals surface area (Å²) in [6.45, 7) is 4.62. The maximum absolute atomic E-state index is 12.9. The molecule has 0 bridgehead atoms. The largest absolute Gasteiger partial charge is 0.497 e. The number of nitrogens with one attached hydrogen (secondary N) is 1. The SMILES string of the molecule is COc1cc(C)nc(CN[C@H](C)c2ccc(F)cc2)c1. The van der Waals surface area contributed by atoms with Crippen LogP contribution in [-0.4, -0.2) is 12.1 Å². The van der Waals surface area contributed by atoms with Crippen LogP contribution in [-0.2, 0) is 6.54 Å². The number of rotatable bonds is 5. The van der Waals surface area contributed by atoms with E-state index in [4.69, 9.17) is 4.74 Å². The maximum Gasteiger partial charge on any atom is 0.123 e. The first-order valence-electron chi connectivity index (χ1n) is 6.59. The summed E-state index contributed by atoms with van der Waals surface area (Å²) in [7, 11) is 1.65. The first-order chi connectivity index (χ1) is 9.58. The van der Waals surface area contributed by atoms with Crippen molar-refractivity contribution in [1.82, 2.24) is 10.3 Å². The lowest BCUT2D eigenvalue weighted by Crippen LogP contribution is -2.19. The predicted molar refractivity (Wildman–Crippen MR) is 77.2 cm³/mol. The minimum Gasteiger partial charge on any atom is -0.497 e. The Morgan fingerprint density at radius 2 is 1.95 bits per heavy atom. The molecule has 0 saturated heterocycles. The Bertz CT molecular complexity index is 569. The average Bonchev–Trinajstić information content (AvgIpc) is 2.45. The van der Waals surface area contributed by atoms with Gasteiger partial charge in [-0.1, -0.05) is 12.1 Å². The molecule has 3 nitrogen and oxygen atoms in total. The zero-order valence-corrected chi connectivity index (χ0v) is 12.0. The lowest BCUT2D eigenvalue weighted by Gasteiger charge is -2.14. The van der Waals surface area contributed by atoms with E-state index in [2.05, 4.69) is 10.3 Å². The Kier molecular flexibility index (Phi) is 4.69. The first-order valence-corrected chi connectivity index (χ1v) is 6.59. The van der Waals surface area contributed by atoms with Crippen molar-refractivity contribution in [2.75, 3.05) is 7.11 Å². The van der Waals surface area contributed by atoms with Crippen LogP contribution in [0.25, 0.3) is 0 Å². The number of halogens is 1. The van der Waals surface area contributed by atoms with Gasteiger partial charge in [-0.25, -0.2) is 4.39 Å². The van der Waals surface area contributed by atoms with Crippen LogP contribution in [0.4, 0.5) is 4.39 Å². The summed E-state index contributed by atoms with van der Waals surface area (Å²) in [5, 5.41) is 3.37. The zero-order chi connectivity index (χ0) is 14.5. The molecule has 0 fully saturated rings. The van der Waals surface area contributed by atoms with Crippen LogP contribution in [0.2, 0.25) is 0 Å². The molecule has 1 N–H and O–H groups in total. The van der Waals surface area contributed by atoms with Crippen LogP contribution in [0.5, 0.6) is 5.75 Å². The number of methoxy groups -OCH3 is 1. The highest BCUT2D eigenvalue weighted by molar-refractivity contribution is 5.27. The molecular weight excluding hydrogens is 255 g/mol. The molecule has 2 rings (SSSR count). The summed E-state index contributed by atoms with van der Waals surface area (Å²) in [5.41, 5.74) is 2.90. The van der Waals surface area contributed by atoms with Gasteiger partial charge in [-0.3, -0.25) is 4.98 Å². The normalized spacial score (nSPS) is 12.2. The average molecular weight is 274 g/mol. The molecule has 106 valence electrons. The molecule has 0 saturated carbocycles. The molecule has 0 aliphatic rings. The van der Waals surface area contributed by atoms with Gasteiger partial charge in [-0.05, 0) is 31.5 Å². The molecule has 1 aromatic heterocycles. The summed E-state index contributed by atoms with van der Waals surface area (Å²) in [5.74, 6) is 0.592. The van der Waals surface area contributed by atoms with E-state index in [0.717, 1.165) is 22.7 Å². The van der Waals surface area contributed by atoms with Crippen LogP contribution >= 0.6 is 0 Å². The van der Waals surface area contributed by atoms with Gasteiger partial charge in [0.2, 0.25) is 0 Å². The fourth-order valence-electron chi connectivity index (χ4n) is 2.04. The van der Waals surface area contributed by atoms with Crippen molar-refractivity contribution < 1.29 is 9.13 Å². The highest BCUT2D eigenvalue weighted by Crippen LogP contribution is 2.16. The van der Waals surface area contributed by atoms with Crippen molar-refractivity contribution >= 4 is 0 Å². The second kappa shape index (κ2) is 6.48. The molecule has 0 radical (unpaired) electrons. The Morgan fingerprint density at radius 1 is 1.25 bits per heavy atom. The summed E-state index contributed by atoms with van der Waals surface area (Å²) in [6.07, 6.45) is 0. The third-order valence-corrected chi connectivity index (χ3v) is 3.18. The van der Waals surface area contributed by atoms with Crippen LogP contribution in [0.15, 0.2) is 36.4 Å². The van der Waals surface area contributed by atoms with Gasteiger partial charge in [0.15, 0.2) is 0 Å². The minimum absolute atomic E-state index is 0.129. The molecule has 0 amide bonds. The van der Waals surface area contributed by atoms with Crippen LogP contribution < -0.4 is 10.1 Å². The van der Waals surface area contributed by atoms with E-state index in [0.29, 0.717) is 6.54 Å². The van der Waals surface area contributed by atoms with Crippen molar-refractivity contribution in [3.63, 3.8) is 0 Å². The number of hydrogen-bond donors (Lipinski definition) is 1. The van der Waals surface area contributed by atoms with Gasteiger partial charge in [-0.2, -0.15) is 0 Å². The topological polar surface area (TPSA) is 34.1 Å². The number of nitrogens with zero attached hydrogens (tertiary/aromatic N) is 1. The van der Waals surface area contributed by atoms with E-state index in [1.165, 1.54) is 12.1 Å². The van der Waals surface area contributed by atoms with Gasteiger partial charge in [0.1, 0.15) is 11.6 Å². The summed E-state index contributed by atoms with van der Waals surface area (Å²) >= 11 is 0. The quantitative estimate of drug-likeness (QED) is 0.907. The van der Waals surface area contributed by atoms with E-state index < -0.39 is 0 Å². The Labute approximate surface area is 118 Å². The van der Waals surface area contributed by atoms with Gasteiger partial charge in [0.25, 0.3) is 0 Å². The molecule has 20 heavy (non-hydrogen) atoms. The number of aryl methyl sites for hydroxylation is 1. The van der Waals surface area contributed by atoms with Crippen molar-refractivity contribution in [3.8, 4) is 5.75 Å². The Balaban J connectivity index is 2.01. The van der Waals surface area contributed by atoms with Crippen molar-refractivity contribution in [2.45, 2.75) is 26.4 Å². The van der Waals surface area contributed by atoms with Crippen molar-refractivity contribution in [1.29, 1.82) is 0 Å². The third kappa shape index (κ3) is 3.78. The predicted octanol–water partition coefficient (Wildman–Crippen LogP) is 3.39. The first kappa shape index (κ1) is 14.5. The molecule has 0 unspecified atom stereocenters. The maximum atomic E-state index is 12.9. The van der Waals surface area contributed by atoms with E-state index in [1.54, 1.807) is 19.2 Å². The zero-order valence-electron chi connectivity index (χ0n) is 12.0. The fourth-order valence-corrected chi connectivity index (χ4v) is 2.04. The smallest absolute Gasteiger partial charge is 0.123 e. The van der Waals surface area contributed by atoms with E-state index >= 15 is 0 Å². The van der Waals surface area contributed by atoms with Crippen LogP contribution in [0.1, 0.15) is 29.9 Å². The molecule has 0 aliphatic carbocycles. The van der Waals surface area contributed by atoms with Gasteiger partial charge in [-0.15, -0.1) is 0 Å². The van der Waals surface area contributed by atoms with Crippen molar-refractivity contribution in [3.05, 3.63) is 59.2 Å². The number of benzene rings is 1. The molecular formula is C16H19FN2O. The number of pyridine rings is 1. The van der Waals surface area contributed by atoms with Crippen LogP contribution in [0, 0.1) is 12.7 Å².